The summed E-state index contributed by atoms with van der Waals surface area (Å²) in [5.74, 6) is 3.45. The fourth-order valence-corrected chi connectivity index (χ4v) is 2.01. The van der Waals surface area contributed by atoms with Gasteiger partial charge in [-0.25, -0.2) is 4.98 Å². The molecule has 0 saturated carbocycles. The zero-order valence-corrected chi connectivity index (χ0v) is 13.2. The third kappa shape index (κ3) is 4.18. The Kier molecular flexibility index (Phi) is 5.14. The fourth-order valence-electron chi connectivity index (χ4n) is 2.01. The third-order valence-corrected chi connectivity index (χ3v) is 3.17. The van der Waals surface area contributed by atoms with E-state index in [-0.39, 0.29) is 0 Å². The number of aromatic nitrogens is 2. The maximum atomic E-state index is 5.91. The van der Waals surface area contributed by atoms with E-state index in [2.05, 4.69) is 41.3 Å². The minimum Gasteiger partial charge on any atom is -0.439 e. The average molecular weight is 285 g/mol. The summed E-state index contributed by atoms with van der Waals surface area (Å²) in [6.45, 7) is 9.24. The van der Waals surface area contributed by atoms with Gasteiger partial charge in [0, 0.05) is 19.0 Å². The smallest absolute Gasteiger partial charge is 0.224 e. The van der Waals surface area contributed by atoms with Gasteiger partial charge in [0.25, 0.3) is 0 Å². The Balaban J connectivity index is 2.25. The molecule has 1 aromatic heterocycles. The van der Waals surface area contributed by atoms with Gasteiger partial charge in [0.1, 0.15) is 17.4 Å². The highest BCUT2D eigenvalue weighted by Crippen LogP contribution is 2.25. The van der Waals surface area contributed by atoms with Gasteiger partial charge in [0.05, 0.1) is 0 Å². The molecule has 112 valence electrons. The molecule has 0 aliphatic carbocycles. The van der Waals surface area contributed by atoms with E-state index >= 15 is 0 Å². The number of rotatable bonds is 6. The molecule has 0 bridgehead atoms. The van der Waals surface area contributed by atoms with Crippen LogP contribution in [0.25, 0.3) is 0 Å². The summed E-state index contributed by atoms with van der Waals surface area (Å²) in [5, 5.41) is 3.21. The van der Waals surface area contributed by atoms with Crippen LogP contribution in [0.2, 0.25) is 0 Å². The van der Waals surface area contributed by atoms with E-state index < -0.39 is 0 Å². The first-order valence-corrected chi connectivity index (χ1v) is 7.52. The van der Waals surface area contributed by atoms with Gasteiger partial charge < -0.3 is 10.1 Å². The van der Waals surface area contributed by atoms with Crippen LogP contribution in [0.15, 0.2) is 30.3 Å². The number of nitrogens with one attached hydrogen (secondary N) is 1. The lowest BCUT2D eigenvalue weighted by atomic mass is 10.0. The van der Waals surface area contributed by atoms with Crippen LogP contribution in [0.4, 0.5) is 5.82 Å². The van der Waals surface area contributed by atoms with Crippen LogP contribution in [-0.2, 0) is 6.42 Å². The number of nitrogens with zero attached hydrogens (tertiary/aromatic N) is 2. The summed E-state index contributed by atoms with van der Waals surface area (Å²) in [6.07, 6.45) is 0.779. The first-order chi connectivity index (χ1) is 10.1. The Hall–Kier alpha value is -2.10. The molecule has 0 aliphatic heterocycles. The predicted molar refractivity (Wildman–Crippen MR) is 86.2 cm³/mol. The standard InChI is InChI=1S/C17H23N3O/c1-5-15-19-16(18-6-2)11-17(20-15)21-14-9-7-8-13(10-14)12(3)4/h7-12H,5-6H2,1-4H3,(H,18,19,20). The van der Waals surface area contributed by atoms with Crippen molar-refractivity contribution in [3.8, 4) is 11.6 Å². The van der Waals surface area contributed by atoms with Gasteiger partial charge in [-0.3, -0.25) is 0 Å². The van der Waals surface area contributed by atoms with Crippen LogP contribution in [0, 0.1) is 0 Å². The van der Waals surface area contributed by atoms with E-state index in [0.717, 1.165) is 30.4 Å². The van der Waals surface area contributed by atoms with Crippen LogP contribution in [0.1, 0.15) is 45.0 Å². The van der Waals surface area contributed by atoms with E-state index in [9.17, 15) is 0 Å². The molecule has 1 heterocycles. The zero-order valence-electron chi connectivity index (χ0n) is 13.2. The highest BCUT2D eigenvalue weighted by atomic mass is 16.5. The predicted octanol–water partition coefficient (Wildman–Crippen LogP) is 4.39. The number of benzene rings is 1. The summed E-state index contributed by atoms with van der Waals surface area (Å²) in [4.78, 5) is 8.86. The maximum absolute atomic E-state index is 5.91. The molecule has 0 saturated heterocycles. The Morgan fingerprint density at radius 3 is 2.62 bits per heavy atom. The highest BCUT2D eigenvalue weighted by Gasteiger charge is 2.07. The monoisotopic (exact) mass is 285 g/mol. The Morgan fingerprint density at radius 1 is 1.14 bits per heavy atom. The molecule has 1 N–H and O–H groups in total. The molecule has 0 atom stereocenters. The van der Waals surface area contributed by atoms with Gasteiger partial charge in [-0.05, 0) is 30.5 Å². The molecule has 4 nitrogen and oxygen atoms in total. The van der Waals surface area contributed by atoms with Gasteiger partial charge in [0.15, 0.2) is 0 Å². The lowest BCUT2D eigenvalue weighted by Gasteiger charge is -2.11. The lowest BCUT2D eigenvalue weighted by molar-refractivity contribution is 0.458. The average Bonchev–Trinajstić information content (AvgIpc) is 2.47. The normalized spacial score (nSPS) is 10.7. The quantitative estimate of drug-likeness (QED) is 0.855. The molecule has 2 aromatic rings. The Labute approximate surface area is 126 Å². The third-order valence-electron chi connectivity index (χ3n) is 3.17. The van der Waals surface area contributed by atoms with Crippen molar-refractivity contribution in [2.75, 3.05) is 11.9 Å². The van der Waals surface area contributed by atoms with Crippen LogP contribution in [-0.4, -0.2) is 16.5 Å². The molecule has 0 aliphatic rings. The molecular weight excluding hydrogens is 262 g/mol. The second kappa shape index (κ2) is 7.07. The first-order valence-electron chi connectivity index (χ1n) is 7.52. The summed E-state index contributed by atoms with van der Waals surface area (Å²) >= 11 is 0. The molecule has 0 fully saturated rings. The van der Waals surface area contributed by atoms with Crippen LogP contribution in [0.3, 0.4) is 0 Å². The Bertz CT molecular complexity index is 596. The van der Waals surface area contributed by atoms with Crippen molar-refractivity contribution in [1.29, 1.82) is 0 Å². The number of anilines is 1. The largest absolute Gasteiger partial charge is 0.439 e. The van der Waals surface area contributed by atoms with Gasteiger partial charge >= 0.3 is 0 Å². The van der Waals surface area contributed by atoms with E-state index in [4.69, 9.17) is 4.74 Å². The number of ether oxygens (including phenoxy) is 1. The topological polar surface area (TPSA) is 47.0 Å². The highest BCUT2D eigenvalue weighted by molar-refractivity contribution is 5.40. The molecule has 0 amide bonds. The molecule has 4 heteroatoms. The number of aryl methyl sites for hydroxylation is 1. The van der Waals surface area contributed by atoms with Crippen molar-refractivity contribution >= 4 is 5.82 Å². The minimum absolute atomic E-state index is 0.475. The number of hydrogen-bond donors (Lipinski definition) is 1. The zero-order chi connectivity index (χ0) is 15.2. The van der Waals surface area contributed by atoms with Crippen LogP contribution < -0.4 is 10.1 Å². The summed E-state index contributed by atoms with van der Waals surface area (Å²) in [5.41, 5.74) is 1.25. The van der Waals surface area contributed by atoms with E-state index in [1.54, 1.807) is 0 Å². The van der Waals surface area contributed by atoms with E-state index in [1.165, 1.54) is 5.56 Å². The molecule has 0 radical (unpaired) electrons. The van der Waals surface area contributed by atoms with Crippen LogP contribution >= 0.6 is 0 Å². The molecule has 0 unspecified atom stereocenters. The van der Waals surface area contributed by atoms with Crippen molar-refractivity contribution in [3.63, 3.8) is 0 Å². The van der Waals surface area contributed by atoms with E-state index in [1.807, 2.05) is 32.0 Å². The molecule has 1 aromatic carbocycles. The minimum atomic E-state index is 0.475. The molecule has 2 rings (SSSR count). The van der Waals surface area contributed by atoms with Crippen molar-refractivity contribution in [2.45, 2.75) is 40.0 Å². The van der Waals surface area contributed by atoms with Crippen LogP contribution in [0.5, 0.6) is 11.6 Å². The molecule has 21 heavy (non-hydrogen) atoms. The van der Waals surface area contributed by atoms with Gasteiger partial charge in [-0.2, -0.15) is 4.98 Å². The van der Waals surface area contributed by atoms with Crippen molar-refractivity contribution in [2.24, 2.45) is 0 Å². The summed E-state index contributed by atoms with van der Waals surface area (Å²) in [7, 11) is 0. The first kappa shape index (κ1) is 15.3. The molecule has 0 spiro atoms. The van der Waals surface area contributed by atoms with Gasteiger partial charge in [-0.1, -0.05) is 32.9 Å². The number of hydrogen-bond acceptors (Lipinski definition) is 4. The van der Waals surface area contributed by atoms with Gasteiger partial charge in [-0.15, -0.1) is 0 Å². The fraction of sp³-hybridized carbons (Fsp3) is 0.412. The summed E-state index contributed by atoms with van der Waals surface area (Å²) < 4.78 is 5.91. The van der Waals surface area contributed by atoms with Crippen molar-refractivity contribution in [1.82, 2.24) is 9.97 Å². The lowest BCUT2D eigenvalue weighted by Crippen LogP contribution is -2.04. The van der Waals surface area contributed by atoms with Crippen molar-refractivity contribution < 1.29 is 4.74 Å². The SMILES string of the molecule is CCNc1cc(Oc2cccc(C(C)C)c2)nc(CC)n1. The second-order valence-electron chi connectivity index (χ2n) is 5.22. The Morgan fingerprint density at radius 2 is 1.95 bits per heavy atom. The van der Waals surface area contributed by atoms with E-state index in [0.29, 0.717) is 11.8 Å². The van der Waals surface area contributed by atoms with Gasteiger partial charge in [0.2, 0.25) is 5.88 Å². The second-order valence-corrected chi connectivity index (χ2v) is 5.22. The summed E-state index contributed by atoms with van der Waals surface area (Å²) in [6, 6.07) is 9.97. The molecular formula is C17H23N3O. The van der Waals surface area contributed by atoms with Crippen molar-refractivity contribution in [3.05, 3.63) is 41.7 Å². The maximum Gasteiger partial charge on any atom is 0.224 e.